The van der Waals surface area contributed by atoms with Crippen molar-refractivity contribution in [3.05, 3.63) is 82.4 Å². The van der Waals surface area contributed by atoms with E-state index in [4.69, 9.17) is 25.8 Å². The van der Waals surface area contributed by atoms with Crippen LogP contribution in [0.5, 0.6) is 17.2 Å². The van der Waals surface area contributed by atoms with Crippen molar-refractivity contribution in [2.24, 2.45) is 5.10 Å². The average Bonchev–Trinajstić information content (AvgIpc) is 2.92. The second kappa shape index (κ2) is 13.8. The molecule has 0 atom stereocenters. The standard InChI is InChI=1S/C28H28ClN3O6/c1-4-5-15-37-21-12-10-20(11-13-21)28(35)38-24-14-9-19(16-25(24)36-3)17-30-32-27(34)26(33)31-23-8-6-7-22(29)18(23)2/h6-14,16-17H,4-5,15H2,1-3H3,(H,31,33)(H,32,34). The first kappa shape index (κ1) is 28.2. The predicted molar refractivity (Wildman–Crippen MR) is 145 cm³/mol. The first-order valence-corrected chi connectivity index (χ1v) is 12.2. The maximum Gasteiger partial charge on any atom is 0.343 e. The van der Waals surface area contributed by atoms with Gasteiger partial charge in [-0.25, -0.2) is 10.2 Å². The Hall–Kier alpha value is -4.37. The highest BCUT2D eigenvalue weighted by Crippen LogP contribution is 2.28. The van der Waals surface area contributed by atoms with Crippen molar-refractivity contribution in [1.29, 1.82) is 0 Å². The van der Waals surface area contributed by atoms with E-state index < -0.39 is 17.8 Å². The van der Waals surface area contributed by atoms with Crippen LogP contribution in [-0.4, -0.2) is 37.7 Å². The molecular formula is C28H28ClN3O6. The minimum Gasteiger partial charge on any atom is -0.494 e. The van der Waals surface area contributed by atoms with Gasteiger partial charge in [-0.2, -0.15) is 5.10 Å². The van der Waals surface area contributed by atoms with Crippen LogP contribution in [0.4, 0.5) is 5.69 Å². The van der Waals surface area contributed by atoms with Crippen LogP contribution in [0.25, 0.3) is 0 Å². The fourth-order valence-electron chi connectivity index (χ4n) is 3.17. The number of carbonyl (C=O) groups is 3. The van der Waals surface area contributed by atoms with Crippen LogP contribution in [0.3, 0.4) is 0 Å². The molecule has 3 aromatic carbocycles. The predicted octanol–water partition coefficient (Wildman–Crippen LogP) is 5.14. The number of benzene rings is 3. The molecule has 0 saturated heterocycles. The lowest BCUT2D eigenvalue weighted by Gasteiger charge is -2.10. The Morgan fingerprint density at radius 3 is 2.47 bits per heavy atom. The summed E-state index contributed by atoms with van der Waals surface area (Å²) in [5.41, 5.74) is 4.11. The van der Waals surface area contributed by atoms with Crippen molar-refractivity contribution in [3.8, 4) is 17.2 Å². The Morgan fingerprint density at radius 2 is 1.76 bits per heavy atom. The summed E-state index contributed by atoms with van der Waals surface area (Å²) >= 11 is 6.03. The van der Waals surface area contributed by atoms with Crippen molar-refractivity contribution in [2.75, 3.05) is 19.0 Å². The summed E-state index contributed by atoms with van der Waals surface area (Å²) in [5.74, 6) is -1.24. The largest absolute Gasteiger partial charge is 0.494 e. The average molecular weight is 538 g/mol. The lowest BCUT2D eigenvalue weighted by atomic mass is 10.2. The van der Waals surface area contributed by atoms with E-state index in [-0.39, 0.29) is 11.5 Å². The zero-order chi connectivity index (χ0) is 27.5. The van der Waals surface area contributed by atoms with Gasteiger partial charge in [-0.15, -0.1) is 0 Å². The molecule has 0 spiro atoms. The summed E-state index contributed by atoms with van der Waals surface area (Å²) < 4.78 is 16.4. The molecule has 0 fully saturated rings. The molecule has 0 aliphatic carbocycles. The summed E-state index contributed by atoms with van der Waals surface area (Å²) in [7, 11) is 1.43. The zero-order valence-electron chi connectivity index (χ0n) is 21.2. The minimum atomic E-state index is -0.958. The molecule has 2 amide bonds. The Labute approximate surface area is 225 Å². The van der Waals surface area contributed by atoms with Crippen LogP contribution in [0.2, 0.25) is 5.02 Å². The maximum atomic E-state index is 12.6. The number of carbonyl (C=O) groups excluding carboxylic acids is 3. The Balaban J connectivity index is 1.57. The monoisotopic (exact) mass is 537 g/mol. The zero-order valence-corrected chi connectivity index (χ0v) is 22.0. The molecule has 0 aliphatic heterocycles. The number of unbranched alkanes of at least 4 members (excludes halogenated alkanes) is 1. The van der Waals surface area contributed by atoms with Gasteiger partial charge in [0.1, 0.15) is 5.75 Å². The molecule has 38 heavy (non-hydrogen) atoms. The number of ether oxygens (including phenoxy) is 3. The molecule has 0 aliphatic rings. The first-order chi connectivity index (χ1) is 18.3. The normalized spacial score (nSPS) is 10.6. The van der Waals surface area contributed by atoms with Gasteiger partial charge in [0.05, 0.1) is 25.5 Å². The van der Waals surface area contributed by atoms with Gasteiger partial charge in [0.25, 0.3) is 0 Å². The van der Waals surface area contributed by atoms with Gasteiger partial charge in [-0.3, -0.25) is 9.59 Å². The second-order valence-electron chi connectivity index (χ2n) is 8.09. The van der Waals surface area contributed by atoms with E-state index in [1.54, 1.807) is 61.5 Å². The van der Waals surface area contributed by atoms with Gasteiger partial charge < -0.3 is 19.5 Å². The Kier molecular flexibility index (Phi) is 10.2. The van der Waals surface area contributed by atoms with Gasteiger partial charge in [-0.1, -0.05) is 31.0 Å². The highest BCUT2D eigenvalue weighted by molar-refractivity contribution is 6.40. The van der Waals surface area contributed by atoms with Crippen LogP contribution in [0.15, 0.2) is 65.8 Å². The van der Waals surface area contributed by atoms with Crippen molar-refractivity contribution in [2.45, 2.75) is 26.7 Å². The third-order valence-corrected chi connectivity index (χ3v) is 5.76. The lowest BCUT2D eigenvalue weighted by Crippen LogP contribution is -2.32. The van der Waals surface area contributed by atoms with E-state index in [1.165, 1.54) is 19.4 Å². The number of hydrazone groups is 1. The van der Waals surface area contributed by atoms with Crippen LogP contribution in [0, 0.1) is 6.92 Å². The van der Waals surface area contributed by atoms with Gasteiger partial charge >= 0.3 is 17.8 Å². The summed E-state index contributed by atoms with van der Waals surface area (Å²) in [6.45, 7) is 4.43. The molecule has 0 unspecified atom stereocenters. The Bertz CT molecular complexity index is 1320. The number of esters is 1. The van der Waals surface area contributed by atoms with E-state index in [9.17, 15) is 14.4 Å². The van der Waals surface area contributed by atoms with Crippen LogP contribution in [0.1, 0.15) is 41.3 Å². The highest BCUT2D eigenvalue weighted by Gasteiger charge is 2.15. The first-order valence-electron chi connectivity index (χ1n) is 11.8. The number of nitrogens with one attached hydrogen (secondary N) is 2. The van der Waals surface area contributed by atoms with E-state index in [2.05, 4.69) is 22.8 Å². The number of hydrogen-bond acceptors (Lipinski definition) is 7. The number of nitrogens with zero attached hydrogens (tertiary/aromatic N) is 1. The lowest BCUT2D eigenvalue weighted by molar-refractivity contribution is -0.136. The van der Waals surface area contributed by atoms with Gasteiger partial charge in [-0.05, 0) is 79.1 Å². The van der Waals surface area contributed by atoms with E-state index >= 15 is 0 Å². The summed E-state index contributed by atoms with van der Waals surface area (Å²) in [6, 6.07) is 16.4. The van der Waals surface area contributed by atoms with Crippen molar-refractivity contribution in [1.82, 2.24) is 5.43 Å². The molecule has 0 radical (unpaired) electrons. The van der Waals surface area contributed by atoms with Crippen LogP contribution < -0.4 is 25.0 Å². The van der Waals surface area contributed by atoms with E-state index in [0.717, 1.165) is 12.8 Å². The second-order valence-corrected chi connectivity index (χ2v) is 8.50. The van der Waals surface area contributed by atoms with Crippen LogP contribution in [-0.2, 0) is 9.59 Å². The molecule has 0 heterocycles. The number of rotatable bonds is 10. The minimum absolute atomic E-state index is 0.207. The highest BCUT2D eigenvalue weighted by atomic mass is 35.5. The number of halogens is 1. The Morgan fingerprint density at radius 1 is 1.00 bits per heavy atom. The molecule has 0 bridgehead atoms. The third-order valence-electron chi connectivity index (χ3n) is 5.35. The van der Waals surface area contributed by atoms with E-state index in [1.807, 2.05) is 0 Å². The van der Waals surface area contributed by atoms with Crippen molar-refractivity contribution >= 4 is 41.3 Å². The smallest absolute Gasteiger partial charge is 0.343 e. The van der Waals surface area contributed by atoms with Gasteiger partial charge in [0.15, 0.2) is 11.5 Å². The number of hydrogen-bond donors (Lipinski definition) is 2. The van der Waals surface area contributed by atoms with Crippen LogP contribution >= 0.6 is 11.6 Å². The van der Waals surface area contributed by atoms with Gasteiger partial charge in [0, 0.05) is 10.7 Å². The quantitative estimate of drug-likeness (QED) is 0.0923. The molecule has 0 saturated carbocycles. The molecule has 198 valence electrons. The number of anilines is 1. The summed E-state index contributed by atoms with van der Waals surface area (Å²) in [4.78, 5) is 36.8. The molecular weight excluding hydrogens is 510 g/mol. The molecule has 2 N–H and O–H groups in total. The molecule has 9 nitrogen and oxygen atoms in total. The fraction of sp³-hybridized carbons (Fsp3) is 0.214. The maximum absolute atomic E-state index is 12.6. The molecule has 0 aromatic heterocycles. The molecule has 10 heteroatoms. The SMILES string of the molecule is CCCCOc1ccc(C(=O)Oc2ccc(C=NNC(=O)C(=O)Nc3cccc(Cl)c3C)cc2OC)cc1. The fourth-order valence-corrected chi connectivity index (χ4v) is 3.34. The van der Waals surface area contributed by atoms with E-state index in [0.29, 0.717) is 39.8 Å². The molecule has 3 aromatic rings. The number of amides is 2. The molecule has 3 rings (SSSR count). The van der Waals surface area contributed by atoms with Gasteiger partial charge in [0.2, 0.25) is 0 Å². The summed E-state index contributed by atoms with van der Waals surface area (Å²) in [5, 5.41) is 6.76. The third kappa shape index (κ3) is 7.81. The topological polar surface area (TPSA) is 115 Å². The van der Waals surface area contributed by atoms with Crippen molar-refractivity contribution < 1.29 is 28.6 Å². The number of methoxy groups -OCH3 is 1. The van der Waals surface area contributed by atoms with Crippen molar-refractivity contribution in [3.63, 3.8) is 0 Å². The summed E-state index contributed by atoms with van der Waals surface area (Å²) in [6.07, 6.45) is 3.31.